The van der Waals surface area contributed by atoms with E-state index < -0.39 is 11.2 Å². The number of hydrogen-bond acceptors (Lipinski definition) is 5. The Morgan fingerprint density at radius 3 is 2.11 bits per heavy atom. The minimum atomic E-state index is -0.571. The number of likely N-dealkylation sites (tertiary alicyclic amines) is 1. The van der Waals surface area contributed by atoms with Crippen LogP contribution in [0.5, 0.6) is 0 Å². The fourth-order valence-corrected chi connectivity index (χ4v) is 4.19. The lowest BCUT2D eigenvalue weighted by Crippen LogP contribution is -2.47. The molecule has 3 heterocycles. The molecule has 8 heteroatoms. The first kappa shape index (κ1) is 19.2. The highest BCUT2D eigenvalue weighted by Crippen LogP contribution is 2.26. The molecule has 3 rings (SSSR count). The van der Waals surface area contributed by atoms with Gasteiger partial charge in [0.1, 0.15) is 11.9 Å². The van der Waals surface area contributed by atoms with Gasteiger partial charge >= 0.3 is 5.69 Å². The summed E-state index contributed by atoms with van der Waals surface area (Å²) in [4.78, 5) is 41.3. The molecule has 0 atom stereocenters. The lowest BCUT2D eigenvalue weighted by Gasteiger charge is -2.36. The SMILES string of the molecule is Cn1c(N2CCC(C(=O)N3CCCCCC3)CC2)c(C#N)c(=O)n(C)c1=O. The second kappa shape index (κ2) is 7.99. The zero-order valence-corrected chi connectivity index (χ0v) is 16.1. The predicted octanol–water partition coefficient (Wildman–Crippen LogP) is 0.575. The maximum Gasteiger partial charge on any atom is 0.332 e. The maximum atomic E-state index is 12.8. The standard InChI is InChI=1S/C19H27N5O3/c1-21-16(15(13-20)18(26)22(2)19(21)27)23-11-7-14(8-12-23)17(25)24-9-5-3-4-6-10-24/h14H,3-12H2,1-2H3. The molecule has 2 fully saturated rings. The third-order valence-corrected chi connectivity index (χ3v) is 5.81. The molecule has 0 aromatic carbocycles. The van der Waals surface area contributed by atoms with Crippen molar-refractivity contribution in [3.05, 3.63) is 26.4 Å². The van der Waals surface area contributed by atoms with E-state index in [1.54, 1.807) is 7.05 Å². The van der Waals surface area contributed by atoms with Gasteiger partial charge in [-0.15, -0.1) is 0 Å². The van der Waals surface area contributed by atoms with Gasteiger partial charge in [-0.3, -0.25) is 18.7 Å². The molecule has 2 aliphatic rings. The van der Waals surface area contributed by atoms with Gasteiger partial charge in [-0.2, -0.15) is 5.26 Å². The molecule has 2 aliphatic heterocycles. The summed E-state index contributed by atoms with van der Waals surface area (Å²) >= 11 is 0. The van der Waals surface area contributed by atoms with Crippen molar-refractivity contribution in [2.45, 2.75) is 38.5 Å². The molecule has 0 bridgehead atoms. The zero-order chi connectivity index (χ0) is 19.6. The molecular formula is C19H27N5O3. The first-order chi connectivity index (χ1) is 13.0. The molecule has 0 saturated carbocycles. The lowest BCUT2D eigenvalue weighted by atomic mass is 9.95. The van der Waals surface area contributed by atoms with E-state index in [9.17, 15) is 19.6 Å². The van der Waals surface area contributed by atoms with Crippen molar-refractivity contribution in [3.8, 4) is 6.07 Å². The molecular weight excluding hydrogens is 346 g/mol. The average molecular weight is 373 g/mol. The van der Waals surface area contributed by atoms with Crippen LogP contribution in [-0.4, -0.2) is 46.1 Å². The largest absolute Gasteiger partial charge is 0.357 e. The second-order valence-corrected chi connectivity index (χ2v) is 7.52. The molecule has 8 nitrogen and oxygen atoms in total. The van der Waals surface area contributed by atoms with E-state index in [2.05, 4.69) is 0 Å². The van der Waals surface area contributed by atoms with Gasteiger partial charge in [-0.05, 0) is 25.7 Å². The summed E-state index contributed by atoms with van der Waals surface area (Å²) in [5.41, 5.74) is -1.04. The number of carbonyl (C=O) groups is 1. The van der Waals surface area contributed by atoms with Crippen LogP contribution >= 0.6 is 0 Å². The summed E-state index contributed by atoms with van der Waals surface area (Å²) in [6.07, 6.45) is 5.87. The molecule has 1 aromatic heterocycles. The Morgan fingerprint density at radius 1 is 0.963 bits per heavy atom. The third kappa shape index (κ3) is 3.64. The minimum absolute atomic E-state index is 0.0168. The topological polar surface area (TPSA) is 91.3 Å². The molecule has 0 spiro atoms. The number of piperidine rings is 1. The van der Waals surface area contributed by atoms with Crippen molar-refractivity contribution >= 4 is 11.7 Å². The molecule has 2 saturated heterocycles. The van der Waals surface area contributed by atoms with Gasteiger partial charge < -0.3 is 9.80 Å². The third-order valence-electron chi connectivity index (χ3n) is 5.81. The van der Waals surface area contributed by atoms with Crippen LogP contribution in [0.2, 0.25) is 0 Å². The molecule has 27 heavy (non-hydrogen) atoms. The highest BCUT2D eigenvalue weighted by atomic mass is 16.2. The van der Waals surface area contributed by atoms with Crippen LogP contribution in [0.25, 0.3) is 0 Å². The van der Waals surface area contributed by atoms with Crippen LogP contribution in [0.4, 0.5) is 5.82 Å². The first-order valence-electron chi connectivity index (χ1n) is 9.69. The molecule has 0 radical (unpaired) electrons. The van der Waals surface area contributed by atoms with Gasteiger partial charge in [-0.25, -0.2) is 4.79 Å². The van der Waals surface area contributed by atoms with Crippen LogP contribution in [0.3, 0.4) is 0 Å². The van der Waals surface area contributed by atoms with E-state index in [4.69, 9.17) is 0 Å². The van der Waals surface area contributed by atoms with E-state index in [-0.39, 0.29) is 17.4 Å². The fraction of sp³-hybridized carbons (Fsp3) is 0.684. The molecule has 1 amide bonds. The molecule has 1 aromatic rings. The van der Waals surface area contributed by atoms with Crippen LogP contribution in [-0.2, 0) is 18.9 Å². The van der Waals surface area contributed by atoms with E-state index in [0.29, 0.717) is 31.7 Å². The van der Waals surface area contributed by atoms with E-state index in [1.807, 2.05) is 15.9 Å². The lowest BCUT2D eigenvalue weighted by molar-refractivity contribution is -0.136. The number of rotatable bonds is 2. The van der Waals surface area contributed by atoms with Crippen molar-refractivity contribution in [2.24, 2.45) is 20.0 Å². The number of nitrogens with zero attached hydrogens (tertiary/aromatic N) is 5. The first-order valence-corrected chi connectivity index (χ1v) is 9.69. The summed E-state index contributed by atoms with van der Waals surface area (Å²) < 4.78 is 2.31. The van der Waals surface area contributed by atoms with Crippen molar-refractivity contribution in [1.29, 1.82) is 5.26 Å². The quantitative estimate of drug-likeness (QED) is 0.756. The number of aromatic nitrogens is 2. The summed E-state index contributed by atoms with van der Waals surface area (Å²) in [5.74, 6) is 0.578. The van der Waals surface area contributed by atoms with Crippen molar-refractivity contribution in [3.63, 3.8) is 0 Å². The number of hydrogen-bond donors (Lipinski definition) is 0. The van der Waals surface area contributed by atoms with Crippen LogP contribution in [0.15, 0.2) is 9.59 Å². The minimum Gasteiger partial charge on any atom is -0.357 e. The Bertz CT molecular complexity index is 863. The van der Waals surface area contributed by atoms with E-state index >= 15 is 0 Å². The molecule has 0 aliphatic carbocycles. The number of amides is 1. The predicted molar refractivity (Wildman–Crippen MR) is 102 cm³/mol. The average Bonchev–Trinajstić information content (AvgIpc) is 2.98. The van der Waals surface area contributed by atoms with Gasteiger partial charge in [0.2, 0.25) is 5.91 Å². The summed E-state index contributed by atoms with van der Waals surface area (Å²) in [5, 5.41) is 9.44. The molecule has 0 unspecified atom stereocenters. The number of carbonyl (C=O) groups excluding carboxylic acids is 1. The Hall–Kier alpha value is -2.56. The maximum absolute atomic E-state index is 12.8. The van der Waals surface area contributed by atoms with Crippen molar-refractivity contribution in [1.82, 2.24) is 14.0 Å². The van der Waals surface area contributed by atoms with Gasteiger partial charge in [0.05, 0.1) is 0 Å². The van der Waals surface area contributed by atoms with Gasteiger partial charge in [-0.1, -0.05) is 12.8 Å². The summed E-state index contributed by atoms with van der Waals surface area (Å²) in [7, 11) is 2.95. The Morgan fingerprint density at radius 2 is 1.56 bits per heavy atom. The van der Waals surface area contributed by atoms with Crippen LogP contribution < -0.4 is 16.1 Å². The Labute approximate surface area is 158 Å². The molecule has 146 valence electrons. The normalized spacial score (nSPS) is 18.9. The van der Waals surface area contributed by atoms with Gasteiger partial charge in [0, 0.05) is 46.2 Å². The van der Waals surface area contributed by atoms with Crippen LogP contribution in [0.1, 0.15) is 44.1 Å². The fourth-order valence-electron chi connectivity index (χ4n) is 4.19. The Balaban J connectivity index is 1.77. The Kier molecular flexibility index (Phi) is 5.68. The highest BCUT2D eigenvalue weighted by molar-refractivity contribution is 5.79. The second-order valence-electron chi connectivity index (χ2n) is 7.52. The van der Waals surface area contributed by atoms with E-state index in [1.165, 1.54) is 24.5 Å². The van der Waals surface area contributed by atoms with Gasteiger partial charge in [0.15, 0.2) is 5.56 Å². The highest BCUT2D eigenvalue weighted by Gasteiger charge is 2.31. The number of anilines is 1. The number of nitriles is 1. The van der Waals surface area contributed by atoms with Crippen molar-refractivity contribution < 1.29 is 4.79 Å². The summed E-state index contributed by atoms with van der Waals surface area (Å²) in [6.45, 7) is 2.81. The van der Waals surface area contributed by atoms with Crippen LogP contribution in [0, 0.1) is 17.2 Å². The summed E-state index contributed by atoms with van der Waals surface area (Å²) in [6, 6.07) is 1.95. The van der Waals surface area contributed by atoms with Crippen molar-refractivity contribution in [2.75, 3.05) is 31.1 Å². The molecule has 0 N–H and O–H groups in total. The smallest absolute Gasteiger partial charge is 0.332 e. The van der Waals surface area contributed by atoms with Gasteiger partial charge in [0.25, 0.3) is 5.56 Å². The zero-order valence-electron chi connectivity index (χ0n) is 16.1. The monoisotopic (exact) mass is 373 g/mol. The van der Waals surface area contributed by atoms with E-state index in [0.717, 1.165) is 30.5 Å².